The van der Waals surface area contributed by atoms with Crippen LogP contribution in [0.25, 0.3) is 10.7 Å². The zero-order valence-corrected chi connectivity index (χ0v) is 9.89. The van der Waals surface area contributed by atoms with Crippen LogP contribution >= 0.6 is 23.1 Å². The SMILES string of the molecule is CSc1nc(N)nc(-c2scnc2C)n1. The maximum Gasteiger partial charge on any atom is 0.224 e. The van der Waals surface area contributed by atoms with Crippen molar-refractivity contribution in [2.75, 3.05) is 12.0 Å². The van der Waals surface area contributed by atoms with Gasteiger partial charge in [-0.15, -0.1) is 11.3 Å². The average molecular weight is 239 g/mol. The maximum atomic E-state index is 5.60. The van der Waals surface area contributed by atoms with Gasteiger partial charge in [-0.05, 0) is 13.2 Å². The standard InChI is InChI=1S/C8H9N5S2/c1-4-5(15-3-10-4)6-11-7(9)13-8(12-6)14-2/h3H,1-2H3,(H2,9,11,12,13). The van der Waals surface area contributed by atoms with Crippen molar-refractivity contribution in [2.45, 2.75) is 12.1 Å². The number of aromatic nitrogens is 4. The number of hydrogen-bond acceptors (Lipinski definition) is 7. The molecule has 0 unspecified atom stereocenters. The summed E-state index contributed by atoms with van der Waals surface area (Å²) in [6, 6.07) is 0. The molecule has 7 heteroatoms. The van der Waals surface area contributed by atoms with Crippen LogP contribution < -0.4 is 5.73 Å². The molecule has 2 rings (SSSR count). The first-order valence-corrected chi connectivity index (χ1v) is 6.27. The lowest BCUT2D eigenvalue weighted by atomic mass is 10.4. The van der Waals surface area contributed by atoms with Crippen LogP contribution in [0.2, 0.25) is 0 Å². The number of nitrogens with zero attached hydrogens (tertiary/aromatic N) is 4. The third-order valence-corrected chi connectivity index (χ3v) is 3.24. The van der Waals surface area contributed by atoms with Crippen molar-refractivity contribution < 1.29 is 0 Å². The van der Waals surface area contributed by atoms with E-state index in [-0.39, 0.29) is 5.95 Å². The van der Waals surface area contributed by atoms with Crippen molar-refractivity contribution in [1.29, 1.82) is 0 Å². The number of nitrogen functional groups attached to an aromatic ring is 1. The molecule has 0 aliphatic heterocycles. The van der Waals surface area contributed by atoms with Crippen LogP contribution in [-0.4, -0.2) is 26.2 Å². The summed E-state index contributed by atoms with van der Waals surface area (Å²) in [5.41, 5.74) is 8.28. The molecule has 0 fully saturated rings. The lowest BCUT2D eigenvalue weighted by molar-refractivity contribution is 0.928. The van der Waals surface area contributed by atoms with Crippen molar-refractivity contribution in [1.82, 2.24) is 19.9 Å². The largest absolute Gasteiger partial charge is 0.368 e. The summed E-state index contributed by atoms with van der Waals surface area (Å²) in [5.74, 6) is 0.851. The van der Waals surface area contributed by atoms with Crippen LogP contribution in [0.15, 0.2) is 10.7 Å². The summed E-state index contributed by atoms with van der Waals surface area (Å²) in [6.07, 6.45) is 1.90. The van der Waals surface area contributed by atoms with Gasteiger partial charge in [0.1, 0.15) is 0 Å². The Labute approximate surface area is 95.2 Å². The third kappa shape index (κ3) is 2.07. The molecular formula is C8H9N5S2. The van der Waals surface area contributed by atoms with E-state index in [2.05, 4.69) is 19.9 Å². The van der Waals surface area contributed by atoms with Gasteiger partial charge >= 0.3 is 0 Å². The summed E-state index contributed by atoms with van der Waals surface area (Å²) >= 11 is 2.94. The Morgan fingerprint density at radius 3 is 2.73 bits per heavy atom. The van der Waals surface area contributed by atoms with Gasteiger partial charge < -0.3 is 5.73 Å². The summed E-state index contributed by atoms with van der Waals surface area (Å²) in [4.78, 5) is 17.5. The van der Waals surface area contributed by atoms with Crippen LogP contribution in [0.4, 0.5) is 5.95 Å². The number of thioether (sulfide) groups is 1. The van der Waals surface area contributed by atoms with Crippen molar-refractivity contribution in [3.8, 4) is 10.7 Å². The Kier molecular flexibility index (Phi) is 2.83. The van der Waals surface area contributed by atoms with Gasteiger partial charge in [-0.25, -0.2) is 9.97 Å². The maximum absolute atomic E-state index is 5.60. The van der Waals surface area contributed by atoms with E-state index in [4.69, 9.17) is 5.73 Å². The fourth-order valence-corrected chi connectivity index (χ4v) is 2.18. The van der Waals surface area contributed by atoms with E-state index in [1.54, 1.807) is 5.51 Å². The van der Waals surface area contributed by atoms with Crippen LogP contribution in [0.1, 0.15) is 5.69 Å². The molecule has 0 saturated carbocycles. The molecule has 5 nitrogen and oxygen atoms in total. The minimum atomic E-state index is 0.247. The number of thiazole rings is 1. The molecule has 0 bridgehead atoms. The smallest absolute Gasteiger partial charge is 0.224 e. The van der Waals surface area contributed by atoms with Crippen molar-refractivity contribution >= 4 is 29.0 Å². The molecule has 0 aliphatic carbocycles. The molecular weight excluding hydrogens is 230 g/mol. The van der Waals surface area contributed by atoms with Crippen LogP contribution in [0, 0.1) is 6.92 Å². The Morgan fingerprint density at radius 2 is 2.13 bits per heavy atom. The van der Waals surface area contributed by atoms with Crippen molar-refractivity contribution in [3.63, 3.8) is 0 Å². The lowest BCUT2D eigenvalue weighted by Crippen LogP contribution is -2.01. The number of aryl methyl sites for hydroxylation is 1. The van der Waals surface area contributed by atoms with Gasteiger partial charge in [0.05, 0.1) is 16.1 Å². The zero-order chi connectivity index (χ0) is 10.8. The van der Waals surface area contributed by atoms with Gasteiger partial charge in [0.15, 0.2) is 11.0 Å². The fourth-order valence-electron chi connectivity index (χ4n) is 1.08. The first kappa shape index (κ1) is 10.3. The quantitative estimate of drug-likeness (QED) is 0.802. The number of anilines is 1. The average Bonchev–Trinajstić information content (AvgIpc) is 2.63. The summed E-state index contributed by atoms with van der Waals surface area (Å²) in [5, 5.41) is 0.630. The minimum absolute atomic E-state index is 0.247. The normalized spacial score (nSPS) is 10.5. The molecule has 2 aromatic rings. The van der Waals surface area contributed by atoms with Crippen LogP contribution in [0.5, 0.6) is 0 Å². The molecule has 0 aromatic carbocycles. The second-order valence-corrected chi connectivity index (χ2v) is 4.40. The predicted molar refractivity (Wildman–Crippen MR) is 61.9 cm³/mol. The molecule has 2 aromatic heterocycles. The molecule has 78 valence electrons. The molecule has 0 radical (unpaired) electrons. The van der Waals surface area contributed by atoms with Gasteiger partial charge in [-0.2, -0.15) is 9.97 Å². The van der Waals surface area contributed by atoms with Gasteiger partial charge in [0.25, 0.3) is 0 Å². The Morgan fingerprint density at radius 1 is 1.33 bits per heavy atom. The Balaban J connectivity index is 2.53. The Bertz CT molecular complexity index is 482. The molecule has 0 saturated heterocycles. The van der Waals surface area contributed by atoms with Gasteiger partial charge in [0, 0.05) is 0 Å². The highest BCUT2D eigenvalue weighted by atomic mass is 32.2. The molecule has 2 heterocycles. The molecule has 15 heavy (non-hydrogen) atoms. The van der Waals surface area contributed by atoms with Crippen molar-refractivity contribution in [3.05, 3.63) is 11.2 Å². The van der Waals surface area contributed by atoms with E-state index >= 15 is 0 Å². The molecule has 0 amide bonds. The summed E-state index contributed by atoms with van der Waals surface area (Å²) in [7, 11) is 0. The van der Waals surface area contributed by atoms with E-state index in [1.807, 2.05) is 13.2 Å². The Hall–Kier alpha value is -1.21. The van der Waals surface area contributed by atoms with Gasteiger partial charge in [-0.1, -0.05) is 11.8 Å². The highest BCUT2D eigenvalue weighted by molar-refractivity contribution is 7.98. The minimum Gasteiger partial charge on any atom is -0.368 e. The van der Waals surface area contributed by atoms with Crippen LogP contribution in [0.3, 0.4) is 0 Å². The second-order valence-electron chi connectivity index (χ2n) is 2.77. The van der Waals surface area contributed by atoms with Gasteiger partial charge in [-0.3, -0.25) is 0 Å². The van der Waals surface area contributed by atoms with Crippen molar-refractivity contribution in [2.24, 2.45) is 0 Å². The van der Waals surface area contributed by atoms with E-state index < -0.39 is 0 Å². The van der Waals surface area contributed by atoms with E-state index in [0.29, 0.717) is 11.0 Å². The van der Waals surface area contributed by atoms with E-state index in [9.17, 15) is 0 Å². The van der Waals surface area contributed by atoms with E-state index in [0.717, 1.165) is 10.6 Å². The third-order valence-electron chi connectivity index (χ3n) is 1.76. The zero-order valence-electron chi connectivity index (χ0n) is 8.26. The molecule has 0 spiro atoms. The fraction of sp³-hybridized carbons (Fsp3) is 0.250. The lowest BCUT2D eigenvalue weighted by Gasteiger charge is -2.01. The summed E-state index contributed by atoms with van der Waals surface area (Å²) in [6.45, 7) is 1.92. The highest BCUT2D eigenvalue weighted by Crippen LogP contribution is 2.25. The van der Waals surface area contributed by atoms with Crippen LogP contribution in [-0.2, 0) is 0 Å². The molecule has 0 aliphatic rings. The first-order valence-electron chi connectivity index (χ1n) is 4.16. The topological polar surface area (TPSA) is 77.6 Å². The predicted octanol–water partition coefficient (Wildman–Crippen LogP) is 1.61. The molecule has 2 N–H and O–H groups in total. The second kappa shape index (κ2) is 4.11. The number of rotatable bonds is 2. The highest BCUT2D eigenvalue weighted by Gasteiger charge is 2.10. The summed E-state index contributed by atoms with van der Waals surface area (Å²) < 4.78 is 0. The first-order chi connectivity index (χ1) is 7.20. The number of nitrogens with two attached hydrogens (primary N) is 1. The van der Waals surface area contributed by atoms with Gasteiger partial charge in [0.2, 0.25) is 5.95 Å². The van der Waals surface area contributed by atoms with E-state index in [1.165, 1.54) is 23.1 Å². The number of hydrogen-bond donors (Lipinski definition) is 1. The molecule has 0 atom stereocenters. The monoisotopic (exact) mass is 239 g/mol.